The number of aryl methyl sites for hydroxylation is 1. The number of carbonyl (C=O) groups excluding carboxylic acids is 1. The van der Waals surface area contributed by atoms with E-state index in [2.05, 4.69) is 0 Å². The van der Waals surface area contributed by atoms with Gasteiger partial charge in [-0.05, 0) is 31.5 Å². The molecule has 2 rings (SSSR count). The quantitative estimate of drug-likeness (QED) is 0.355. The van der Waals surface area contributed by atoms with Crippen LogP contribution >= 0.6 is 0 Å². The highest BCUT2D eigenvalue weighted by atomic mass is 16.5. The minimum Gasteiger partial charge on any atom is -0.493 e. The predicted octanol–water partition coefficient (Wildman–Crippen LogP) is 2.99. The molecule has 5 nitrogen and oxygen atoms in total. The monoisotopic (exact) mass is 302 g/mol. The van der Waals surface area contributed by atoms with Crippen LogP contribution in [-0.2, 0) is 9.53 Å². The van der Waals surface area contributed by atoms with Crippen LogP contribution in [0.25, 0.3) is 11.0 Å². The van der Waals surface area contributed by atoms with E-state index in [1.165, 1.54) is 12.1 Å². The highest BCUT2D eigenvalue weighted by Gasteiger charge is 2.04. The molecular formula is C17H18O5. The molecule has 0 bridgehead atoms. The smallest absolute Gasteiger partial charge is 0.336 e. The zero-order valence-electron chi connectivity index (χ0n) is 12.6. The first-order valence-electron chi connectivity index (χ1n) is 7.07. The van der Waals surface area contributed by atoms with Gasteiger partial charge in [0.2, 0.25) is 0 Å². The van der Waals surface area contributed by atoms with Crippen molar-refractivity contribution in [1.82, 2.24) is 0 Å². The van der Waals surface area contributed by atoms with Crippen molar-refractivity contribution in [2.45, 2.75) is 20.3 Å². The fraction of sp³-hybridized carbons (Fsp3) is 0.294. The Balaban J connectivity index is 1.90. The SMILES string of the molecule is CC=CC(=O)OCCCOc1ccc2c(C)cc(=O)oc2c1. The summed E-state index contributed by atoms with van der Waals surface area (Å²) in [6.07, 6.45) is 3.58. The maximum absolute atomic E-state index is 11.4. The number of esters is 1. The molecule has 0 saturated carbocycles. The van der Waals surface area contributed by atoms with Gasteiger partial charge in [-0.25, -0.2) is 9.59 Å². The lowest BCUT2D eigenvalue weighted by molar-refractivity contribution is -0.137. The van der Waals surface area contributed by atoms with Gasteiger partial charge >= 0.3 is 11.6 Å². The molecule has 0 aliphatic heterocycles. The van der Waals surface area contributed by atoms with Crippen molar-refractivity contribution in [3.05, 3.63) is 52.4 Å². The normalized spacial score (nSPS) is 11.0. The number of hydrogen-bond donors (Lipinski definition) is 0. The number of ether oxygens (including phenoxy) is 2. The van der Waals surface area contributed by atoms with E-state index in [0.717, 1.165) is 10.9 Å². The lowest BCUT2D eigenvalue weighted by Gasteiger charge is -2.07. The molecule has 0 spiro atoms. The third-order valence-electron chi connectivity index (χ3n) is 3.03. The van der Waals surface area contributed by atoms with E-state index in [1.54, 1.807) is 19.1 Å². The van der Waals surface area contributed by atoms with Gasteiger partial charge in [-0.2, -0.15) is 0 Å². The number of allylic oxidation sites excluding steroid dienone is 1. The maximum atomic E-state index is 11.4. The Hall–Kier alpha value is -2.56. The summed E-state index contributed by atoms with van der Waals surface area (Å²) in [4.78, 5) is 22.5. The fourth-order valence-corrected chi connectivity index (χ4v) is 2.00. The Morgan fingerprint density at radius 2 is 2.09 bits per heavy atom. The van der Waals surface area contributed by atoms with Gasteiger partial charge in [0.15, 0.2) is 0 Å². The molecule has 22 heavy (non-hydrogen) atoms. The lowest BCUT2D eigenvalue weighted by atomic mass is 10.1. The number of benzene rings is 1. The highest BCUT2D eigenvalue weighted by Crippen LogP contribution is 2.22. The summed E-state index contributed by atoms with van der Waals surface area (Å²) in [5.74, 6) is 0.256. The first-order chi connectivity index (χ1) is 10.6. The average Bonchev–Trinajstić information content (AvgIpc) is 2.46. The molecule has 116 valence electrons. The van der Waals surface area contributed by atoms with Gasteiger partial charge in [-0.1, -0.05) is 6.08 Å². The Morgan fingerprint density at radius 1 is 1.27 bits per heavy atom. The van der Waals surface area contributed by atoms with Gasteiger partial charge in [0.25, 0.3) is 0 Å². The van der Waals surface area contributed by atoms with E-state index < -0.39 is 0 Å². The first kappa shape index (κ1) is 15.8. The lowest BCUT2D eigenvalue weighted by Crippen LogP contribution is -2.06. The summed E-state index contributed by atoms with van der Waals surface area (Å²) in [6.45, 7) is 4.32. The fourth-order valence-electron chi connectivity index (χ4n) is 2.00. The summed E-state index contributed by atoms with van der Waals surface area (Å²) in [7, 11) is 0. The van der Waals surface area contributed by atoms with Crippen molar-refractivity contribution in [1.29, 1.82) is 0 Å². The van der Waals surface area contributed by atoms with Crippen molar-refractivity contribution in [3.63, 3.8) is 0 Å². The van der Waals surface area contributed by atoms with Crippen LogP contribution in [0.2, 0.25) is 0 Å². The molecule has 0 fully saturated rings. The van der Waals surface area contributed by atoms with Crippen molar-refractivity contribution >= 4 is 16.9 Å². The van der Waals surface area contributed by atoms with Crippen molar-refractivity contribution in [2.75, 3.05) is 13.2 Å². The van der Waals surface area contributed by atoms with E-state index >= 15 is 0 Å². The minimum atomic E-state index is -0.377. The summed E-state index contributed by atoms with van der Waals surface area (Å²) >= 11 is 0. The van der Waals surface area contributed by atoms with Crippen LogP contribution < -0.4 is 10.4 Å². The third-order valence-corrected chi connectivity index (χ3v) is 3.03. The highest BCUT2D eigenvalue weighted by molar-refractivity contribution is 5.82. The molecule has 1 aromatic heterocycles. The van der Waals surface area contributed by atoms with Crippen LogP contribution in [0.15, 0.2) is 45.6 Å². The van der Waals surface area contributed by atoms with E-state index in [4.69, 9.17) is 13.9 Å². The van der Waals surface area contributed by atoms with Crippen molar-refractivity contribution < 1.29 is 18.7 Å². The second kappa shape index (κ2) is 7.45. The molecule has 0 aliphatic carbocycles. The van der Waals surface area contributed by atoms with Gasteiger partial charge < -0.3 is 13.9 Å². The van der Waals surface area contributed by atoms with Gasteiger partial charge in [-0.15, -0.1) is 0 Å². The summed E-state index contributed by atoms with van der Waals surface area (Å²) in [5.41, 5.74) is 0.994. The predicted molar refractivity (Wildman–Crippen MR) is 83.1 cm³/mol. The minimum absolute atomic E-state index is 0.297. The van der Waals surface area contributed by atoms with E-state index in [9.17, 15) is 9.59 Å². The topological polar surface area (TPSA) is 65.7 Å². The second-order valence-electron chi connectivity index (χ2n) is 4.78. The summed E-state index contributed by atoms with van der Waals surface area (Å²) < 4.78 is 15.7. The number of fused-ring (bicyclic) bond motifs is 1. The molecule has 0 saturated heterocycles. The number of hydrogen-bond acceptors (Lipinski definition) is 5. The van der Waals surface area contributed by atoms with Gasteiger partial charge in [0.05, 0.1) is 13.2 Å². The summed E-state index contributed by atoms with van der Waals surface area (Å²) in [5, 5.41) is 0.882. The number of rotatable bonds is 6. The second-order valence-corrected chi connectivity index (χ2v) is 4.78. The molecule has 1 heterocycles. The third kappa shape index (κ3) is 4.22. The van der Waals surface area contributed by atoms with Crippen LogP contribution in [0.4, 0.5) is 0 Å². The van der Waals surface area contributed by atoms with Crippen LogP contribution in [0.3, 0.4) is 0 Å². The van der Waals surface area contributed by atoms with Crippen molar-refractivity contribution in [3.8, 4) is 5.75 Å². The first-order valence-corrected chi connectivity index (χ1v) is 7.07. The Labute approximate surface area is 128 Å². The van der Waals surface area contributed by atoms with E-state index in [-0.39, 0.29) is 11.6 Å². The largest absolute Gasteiger partial charge is 0.493 e. The van der Waals surface area contributed by atoms with Crippen LogP contribution in [0.1, 0.15) is 18.9 Å². The van der Waals surface area contributed by atoms with Crippen LogP contribution in [-0.4, -0.2) is 19.2 Å². The molecule has 0 unspecified atom stereocenters. The molecule has 0 amide bonds. The molecule has 5 heteroatoms. The Morgan fingerprint density at radius 3 is 2.86 bits per heavy atom. The molecule has 0 N–H and O–H groups in total. The number of carbonyl (C=O) groups is 1. The Bertz CT molecular complexity index is 742. The molecular weight excluding hydrogens is 284 g/mol. The Kier molecular flexibility index (Phi) is 5.36. The standard InChI is InChI=1S/C17H18O5/c1-3-5-16(18)21-9-4-8-20-13-6-7-14-12(2)10-17(19)22-15(14)11-13/h3,5-7,10-11H,4,8-9H2,1-2H3. The molecule has 0 atom stereocenters. The molecule has 1 aromatic carbocycles. The van der Waals surface area contributed by atoms with Crippen molar-refractivity contribution in [2.24, 2.45) is 0 Å². The summed E-state index contributed by atoms with van der Waals surface area (Å²) in [6, 6.07) is 6.83. The van der Waals surface area contributed by atoms with Crippen LogP contribution in [0.5, 0.6) is 5.75 Å². The van der Waals surface area contributed by atoms with Gasteiger partial charge in [0, 0.05) is 30.0 Å². The zero-order chi connectivity index (χ0) is 15.9. The molecule has 2 aromatic rings. The molecule has 0 radical (unpaired) electrons. The molecule has 0 aliphatic rings. The maximum Gasteiger partial charge on any atom is 0.336 e. The van der Waals surface area contributed by atoms with E-state index in [0.29, 0.717) is 31.0 Å². The average molecular weight is 302 g/mol. The van der Waals surface area contributed by atoms with E-state index in [1.807, 2.05) is 19.1 Å². The van der Waals surface area contributed by atoms with Crippen LogP contribution in [0, 0.1) is 6.92 Å². The van der Waals surface area contributed by atoms with Gasteiger partial charge in [-0.3, -0.25) is 0 Å². The zero-order valence-corrected chi connectivity index (χ0v) is 12.6. The van der Waals surface area contributed by atoms with Gasteiger partial charge in [0.1, 0.15) is 11.3 Å².